The van der Waals surface area contributed by atoms with Gasteiger partial charge in [-0.2, -0.15) is 0 Å². The summed E-state index contributed by atoms with van der Waals surface area (Å²) in [5, 5.41) is 2.93. The van der Waals surface area contributed by atoms with E-state index in [1.165, 1.54) is 0 Å². The lowest BCUT2D eigenvalue weighted by molar-refractivity contribution is -0.134. The van der Waals surface area contributed by atoms with E-state index in [0.29, 0.717) is 31.5 Å². The predicted molar refractivity (Wildman–Crippen MR) is 127 cm³/mol. The lowest BCUT2D eigenvalue weighted by Gasteiger charge is -2.41. The van der Waals surface area contributed by atoms with E-state index in [1.807, 2.05) is 41.3 Å². The zero-order chi connectivity index (χ0) is 22.9. The molecule has 172 valence electrons. The number of anilines is 2. The van der Waals surface area contributed by atoms with Gasteiger partial charge in [-0.25, -0.2) is 0 Å². The summed E-state index contributed by atoms with van der Waals surface area (Å²) >= 11 is 0. The molecule has 5 rings (SSSR count). The minimum Gasteiger partial charge on any atom is -0.338 e. The molecule has 3 aliphatic rings. The van der Waals surface area contributed by atoms with Gasteiger partial charge in [-0.3, -0.25) is 19.3 Å². The number of nitrogens with zero attached hydrogens (tertiary/aromatic N) is 3. The van der Waals surface area contributed by atoms with Crippen LogP contribution >= 0.6 is 0 Å². The molecule has 0 aliphatic carbocycles. The minimum absolute atomic E-state index is 0.00983. The van der Waals surface area contributed by atoms with Gasteiger partial charge in [-0.15, -0.1) is 0 Å². The molecule has 7 nitrogen and oxygen atoms in total. The molecule has 1 fully saturated rings. The zero-order valence-corrected chi connectivity index (χ0v) is 19.0. The number of likely N-dealkylation sites (N-methyl/N-ethyl adjacent to an activating group) is 1. The lowest BCUT2D eigenvalue weighted by Crippen LogP contribution is -2.57. The van der Waals surface area contributed by atoms with Crippen molar-refractivity contribution in [3.05, 3.63) is 59.2 Å². The number of carbonyl (C=O) groups is 3. The van der Waals surface area contributed by atoms with Crippen molar-refractivity contribution in [2.75, 3.05) is 43.4 Å². The molecule has 1 atom stereocenters. The van der Waals surface area contributed by atoms with Gasteiger partial charge in [0.2, 0.25) is 11.8 Å². The van der Waals surface area contributed by atoms with E-state index in [0.717, 1.165) is 54.9 Å². The van der Waals surface area contributed by atoms with Crippen molar-refractivity contribution in [1.82, 2.24) is 9.80 Å². The van der Waals surface area contributed by atoms with Crippen LogP contribution in [0.1, 0.15) is 40.7 Å². The number of fused-ring (bicyclic) bond motifs is 2. The van der Waals surface area contributed by atoms with Crippen LogP contribution in [-0.2, 0) is 22.4 Å². The summed E-state index contributed by atoms with van der Waals surface area (Å²) in [6.45, 7) is 3.07. The van der Waals surface area contributed by atoms with Crippen LogP contribution in [0.5, 0.6) is 0 Å². The maximum atomic E-state index is 13.9. The Balaban J connectivity index is 1.48. The van der Waals surface area contributed by atoms with Crippen molar-refractivity contribution in [3.8, 4) is 0 Å². The van der Waals surface area contributed by atoms with Gasteiger partial charge in [-0.05, 0) is 68.1 Å². The summed E-state index contributed by atoms with van der Waals surface area (Å²) in [5.41, 5.74) is 4.22. The number of benzene rings is 2. The predicted octanol–water partition coefficient (Wildman–Crippen LogP) is 2.70. The molecule has 0 aromatic heterocycles. The molecule has 0 spiro atoms. The van der Waals surface area contributed by atoms with E-state index in [1.54, 1.807) is 11.0 Å². The van der Waals surface area contributed by atoms with Crippen LogP contribution in [0.25, 0.3) is 0 Å². The molecule has 1 saturated heterocycles. The van der Waals surface area contributed by atoms with Crippen molar-refractivity contribution >= 4 is 29.1 Å². The molecule has 3 aliphatic heterocycles. The highest BCUT2D eigenvalue weighted by molar-refractivity contribution is 6.11. The minimum atomic E-state index is -0.505. The molecule has 3 amide bonds. The molecule has 33 heavy (non-hydrogen) atoms. The Labute approximate surface area is 194 Å². The SMILES string of the molecule is CN1CCN(C(=O)C2CCc3ccccc3N2C(=O)c2ccc3c(c2)CCCC(=O)N3)CC1. The third-order valence-corrected chi connectivity index (χ3v) is 7.04. The van der Waals surface area contributed by atoms with Crippen LogP contribution in [-0.4, -0.2) is 66.8 Å². The van der Waals surface area contributed by atoms with Gasteiger partial charge >= 0.3 is 0 Å². The van der Waals surface area contributed by atoms with Crippen LogP contribution in [0.2, 0.25) is 0 Å². The highest BCUT2D eigenvalue weighted by atomic mass is 16.2. The monoisotopic (exact) mass is 446 g/mol. The van der Waals surface area contributed by atoms with Gasteiger partial charge in [-0.1, -0.05) is 18.2 Å². The number of carbonyl (C=O) groups excluding carboxylic acids is 3. The molecule has 0 bridgehead atoms. The summed E-state index contributed by atoms with van der Waals surface area (Å²) in [6, 6.07) is 12.9. The van der Waals surface area contributed by atoms with Crippen LogP contribution in [0, 0.1) is 0 Å². The van der Waals surface area contributed by atoms with Crippen molar-refractivity contribution in [2.45, 2.75) is 38.1 Å². The van der Waals surface area contributed by atoms with E-state index >= 15 is 0 Å². The first kappa shape index (κ1) is 21.6. The maximum Gasteiger partial charge on any atom is 0.259 e. The highest BCUT2D eigenvalue weighted by Crippen LogP contribution is 2.34. The molecular weight excluding hydrogens is 416 g/mol. The summed E-state index contributed by atoms with van der Waals surface area (Å²) in [5.74, 6) is -0.114. The molecule has 2 aromatic rings. The smallest absolute Gasteiger partial charge is 0.259 e. The number of hydrogen-bond acceptors (Lipinski definition) is 4. The van der Waals surface area contributed by atoms with Crippen molar-refractivity contribution in [3.63, 3.8) is 0 Å². The van der Waals surface area contributed by atoms with Crippen LogP contribution < -0.4 is 10.2 Å². The summed E-state index contributed by atoms with van der Waals surface area (Å²) in [7, 11) is 2.06. The Morgan fingerprint density at radius 3 is 2.55 bits per heavy atom. The lowest BCUT2D eigenvalue weighted by atomic mass is 9.93. The average molecular weight is 447 g/mol. The van der Waals surface area contributed by atoms with Crippen LogP contribution in [0.3, 0.4) is 0 Å². The molecular formula is C26H30N4O3. The normalized spacial score (nSPS) is 21.0. The number of nitrogens with one attached hydrogen (secondary N) is 1. The van der Waals surface area contributed by atoms with Crippen LogP contribution in [0.15, 0.2) is 42.5 Å². The standard InChI is InChI=1S/C26H30N4O3/c1-28-13-15-29(16-14-28)26(33)23-12-10-18-5-2-3-7-22(18)30(23)25(32)20-9-11-21-19(17-20)6-4-8-24(31)27-21/h2-3,5,7,9,11,17,23H,4,6,8,10,12-16H2,1H3,(H,27,31). The molecule has 0 radical (unpaired) electrons. The fourth-order valence-corrected chi connectivity index (χ4v) is 5.12. The highest BCUT2D eigenvalue weighted by Gasteiger charge is 2.38. The second-order valence-electron chi connectivity index (χ2n) is 9.26. The second kappa shape index (κ2) is 8.98. The Morgan fingerprint density at radius 1 is 0.939 bits per heavy atom. The molecule has 2 aromatic carbocycles. The van der Waals surface area contributed by atoms with Crippen LogP contribution in [0.4, 0.5) is 11.4 Å². The zero-order valence-electron chi connectivity index (χ0n) is 19.0. The van der Waals surface area contributed by atoms with Gasteiger partial charge in [0.25, 0.3) is 5.91 Å². The van der Waals surface area contributed by atoms with E-state index in [4.69, 9.17) is 0 Å². The molecule has 0 saturated carbocycles. The topological polar surface area (TPSA) is 73.0 Å². The van der Waals surface area contributed by atoms with Gasteiger partial charge in [0.1, 0.15) is 6.04 Å². The number of rotatable bonds is 2. The Hall–Kier alpha value is -3.19. The quantitative estimate of drug-likeness (QED) is 0.770. The first-order valence-corrected chi connectivity index (χ1v) is 11.8. The average Bonchev–Trinajstić information content (AvgIpc) is 3.02. The summed E-state index contributed by atoms with van der Waals surface area (Å²) < 4.78 is 0. The first-order valence-electron chi connectivity index (χ1n) is 11.8. The molecule has 7 heteroatoms. The number of amides is 3. The summed E-state index contributed by atoms with van der Waals surface area (Å²) in [6.07, 6.45) is 3.39. The number of para-hydroxylation sites is 1. The Bertz CT molecular complexity index is 1090. The van der Waals surface area contributed by atoms with Gasteiger partial charge in [0.05, 0.1) is 0 Å². The molecule has 1 unspecified atom stereocenters. The Kier molecular flexibility index (Phi) is 5.89. The van der Waals surface area contributed by atoms with Gasteiger partial charge in [0.15, 0.2) is 0 Å². The Morgan fingerprint density at radius 2 is 1.73 bits per heavy atom. The maximum absolute atomic E-state index is 13.9. The van der Waals surface area contributed by atoms with Crippen molar-refractivity contribution < 1.29 is 14.4 Å². The van der Waals surface area contributed by atoms with E-state index in [-0.39, 0.29) is 17.7 Å². The molecule has 3 heterocycles. The van der Waals surface area contributed by atoms with E-state index in [9.17, 15) is 14.4 Å². The second-order valence-corrected chi connectivity index (χ2v) is 9.26. The number of aryl methyl sites for hydroxylation is 2. The van der Waals surface area contributed by atoms with E-state index in [2.05, 4.69) is 17.3 Å². The molecule has 1 N–H and O–H groups in total. The van der Waals surface area contributed by atoms with Crippen molar-refractivity contribution in [2.24, 2.45) is 0 Å². The largest absolute Gasteiger partial charge is 0.338 e. The number of hydrogen-bond donors (Lipinski definition) is 1. The number of piperazine rings is 1. The van der Waals surface area contributed by atoms with Gasteiger partial charge < -0.3 is 15.1 Å². The fourth-order valence-electron chi connectivity index (χ4n) is 5.12. The summed E-state index contributed by atoms with van der Waals surface area (Å²) in [4.78, 5) is 45.3. The fraction of sp³-hybridized carbons (Fsp3) is 0.423. The van der Waals surface area contributed by atoms with E-state index < -0.39 is 6.04 Å². The van der Waals surface area contributed by atoms with Crippen molar-refractivity contribution in [1.29, 1.82) is 0 Å². The van der Waals surface area contributed by atoms with Gasteiger partial charge in [0, 0.05) is 49.5 Å². The third-order valence-electron chi connectivity index (χ3n) is 7.04. The third kappa shape index (κ3) is 4.25. The first-order chi connectivity index (χ1) is 16.0.